The fraction of sp³-hybridized carbons (Fsp3) is 0.536. The van der Waals surface area contributed by atoms with E-state index in [4.69, 9.17) is 14.2 Å². The number of unbranched alkanes of at least 4 members (excludes halogenated alkanes) is 28. The minimum absolute atomic E-state index is 0.222. The maximum Gasteiger partial charge on any atom is 0.338 e. The van der Waals surface area contributed by atoms with E-state index in [0.717, 1.165) is 61.1 Å². The average Bonchev–Trinajstić information content (AvgIpc) is 1.63. The third-order valence-electron chi connectivity index (χ3n) is 20.7. The predicted octanol–water partition coefficient (Wildman–Crippen LogP) is 22.0. The molecular formula is C84H111N2O5+. The van der Waals surface area contributed by atoms with E-state index >= 15 is 0 Å². The molecule has 7 heteroatoms. The molecule has 0 N–H and O–H groups in total. The van der Waals surface area contributed by atoms with Crippen LogP contribution in [0.25, 0.3) is 38.4 Å². The van der Waals surface area contributed by atoms with Gasteiger partial charge in [0.25, 0.3) is 6.47 Å². The van der Waals surface area contributed by atoms with Gasteiger partial charge in [0.1, 0.15) is 11.5 Å². The Morgan fingerprint density at radius 2 is 1.08 bits per heavy atom. The van der Waals surface area contributed by atoms with Crippen LogP contribution in [0, 0.1) is 0 Å². The zero-order valence-electron chi connectivity index (χ0n) is 57.0. The van der Waals surface area contributed by atoms with Crippen molar-refractivity contribution in [3.63, 3.8) is 0 Å². The second kappa shape index (κ2) is 33.4. The van der Waals surface area contributed by atoms with Gasteiger partial charge in [-0.15, -0.1) is 0 Å². The van der Waals surface area contributed by atoms with Gasteiger partial charge in [-0.1, -0.05) is 274 Å². The molecule has 7 aromatic carbocycles. The van der Waals surface area contributed by atoms with Crippen molar-refractivity contribution in [2.24, 2.45) is 0 Å². The van der Waals surface area contributed by atoms with Crippen molar-refractivity contribution in [2.45, 2.75) is 264 Å². The van der Waals surface area contributed by atoms with Crippen LogP contribution < -0.4 is 24.8 Å². The molecule has 7 aromatic rings. The molecular weight excluding hydrogens is 1120 g/mol. The number of carbonyl (C=O) groups excluding carboxylic acids is 2. The smallest absolute Gasteiger partial charge is 0.338 e. The molecule has 1 atom stereocenters. The van der Waals surface area contributed by atoms with Gasteiger partial charge in [-0.3, -0.25) is 4.79 Å². The molecule has 0 aliphatic carbocycles. The molecule has 0 amide bonds. The van der Waals surface area contributed by atoms with Crippen LogP contribution in [-0.4, -0.2) is 38.7 Å². The highest BCUT2D eigenvalue weighted by Crippen LogP contribution is 2.57. The van der Waals surface area contributed by atoms with Gasteiger partial charge in [-0.05, 0) is 115 Å². The zero-order valence-corrected chi connectivity index (χ0v) is 57.0. The predicted molar refractivity (Wildman–Crippen MR) is 384 cm³/mol. The summed E-state index contributed by atoms with van der Waals surface area (Å²) >= 11 is 0. The summed E-state index contributed by atoms with van der Waals surface area (Å²) in [6, 6.07) is 40.4. The van der Waals surface area contributed by atoms with Gasteiger partial charge in [0, 0.05) is 44.9 Å². The molecule has 0 aromatic heterocycles. The second-order valence-electron chi connectivity index (χ2n) is 29.0. The molecule has 486 valence electrons. The molecule has 91 heavy (non-hydrogen) atoms. The molecule has 0 saturated heterocycles. The summed E-state index contributed by atoms with van der Waals surface area (Å²) in [7, 11) is 0. The highest BCUT2D eigenvalue weighted by Gasteiger charge is 2.46. The Hall–Kier alpha value is -6.47. The number of ether oxygens (including phenoxy) is 3. The van der Waals surface area contributed by atoms with Gasteiger partial charge in [0.15, 0.2) is 13.1 Å². The number of hydrogen-bond donors (Lipinski definition) is 0. The Balaban J connectivity index is 0.794. The second-order valence-corrected chi connectivity index (χ2v) is 29.0. The lowest BCUT2D eigenvalue weighted by molar-refractivity contribution is -0.128. The van der Waals surface area contributed by atoms with E-state index in [2.05, 4.69) is 154 Å². The lowest BCUT2D eigenvalue weighted by Crippen LogP contribution is -2.30. The summed E-state index contributed by atoms with van der Waals surface area (Å²) in [5.41, 5.74) is 8.97. The topological polar surface area (TPSA) is 68.1 Å². The molecule has 0 radical (unpaired) electrons. The van der Waals surface area contributed by atoms with Crippen LogP contribution in [0.15, 0.2) is 109 Å². The van der Waals surface area contributed by atoms with Crippen LogP contribution >= 0.6 is 0 Å². The first-order valence-corrected chi connectivity index (χ1v) is 36.6. The van der Waals surface area contributed by atoms with Crippen molar-refractivity contribution in [3.05, 3.63) is 153 Å². The van der Waals surface area contributed by atoms with E-state index in [9.17, 15) is 9.59 Å². The van der Waals surface area contributed by atoms with Gasteiger partial charge in [-0.2, -0.15) is 0 Å². The molecule has 1 unspecified atom stereocenters. The monoisotopic (exact) mass is 1230 g/mol. The molecule has 3 aliphatic rings. The molecule has 10 rings (SSSR count). The van der Waals surface area contributed by atoms with Crippen LogP contribution in [0.1, 0.15) is 285 Å². The molecule has 7 nitrogen and oxygen atoms in total. The third kappa shape index (κ3) is 17.2. The third-order valence-corrected chi connectivity index (χ3v) is 20.7. The van der Waals surface area contributed by atoms with E-state index < -0.39 is 0 Å². The molecule has 3 aliphatic heterocycles. The normalized spacial score (nSPS) is 14.7. The number of benzene rings is 7. The van der Waals surface area contributed by atoms with Crippen molar-refractivity contribution >= 4 is 62.2 Å². The quantitative estimate of drug-likeness (QED) is 0.0125. The summed E-state index contributed by atoms with van der Waals surface area (Å²) < 4.78 is 21.0. The largest absolute Gasteiger partial charge is 0.468 e. The minimum atomic E-state index is -0.228. The van der Waals surface area contributed by atoms with Crippen molar-refractivity contribution in [1.82, 2.24) is 4.58 Å². The molecule has 3 heterocycles. The van der Waals surface area contributed by atoms with E-state index in [1.54, 1.807) is 0 Å². The Morgan fingerprint density at radius 1 is 0.560 bits per heavy atom. The summed E-state index contributed by atoms with van der Waals surface area (Å²) in [6.45, 7) is 18.3. The highest BCUT2D eigenvalue weighted by molar-refractivity contribution is 6.12. The first kappa shape index (κ1) is 67.4. The Labute approximate surface area is 547 Å². The Morgan fingerprint density at radius 3 is 1.65 bits per heavy atom. The zero-order chi connectivity index (χ0) is 63.4. The van der Waals surface area contributed by atoms with Crippen molar-refractivity contribution in [1.29, 1.82) is 0 Å². The van der Waals surface area contributed by atoms with E-state index in [1.165, 1.54) is 245 Å². The maximum atomic E-state index is 13.3. The number of nitrogens with zero attached hydrogens (tertiary/aromatic N) is 2. The molecule has 0 saturated carbocycles. The standard InChI is InChI=1S/C84H111N2O5/c1-7-8-9-10-11-12-13-14-15-17-21-24-27-30-33-40-55-90-82(88)66-48-46-64(47-49-66)59-85-60-83(3,4)76-78(85)71-45-38-37-44-70(71)74-58-75-72-56-67-42-35-36-43-68(67)57-73(72)79-77(81(75)91-80(74)76)84(5,6)61-86(79)69-52-50-65(51-53-69)63(2)41-34-31-28-25-22-19-16-18-20-23-26-29-32-39-54-89-62-87/h35-38,42-53,56-58,62-63H,7-34,39-41,54-55,59-61H2,1-6H3/q+1. The summed E-state index contributed by atoms with van der Waals surface area (Å²) in [5.74, 6) is 2.26. The lowest BCUT2D eigenvalue weighted by atomic mass is 9.80. The number of hydrogen-bond acceptors (Lipinski definition) is 6. The Kier molecular flexibility index (Phi) is 24.7. The van der Waals surface area contributed by atoms with Crippen molar-refractivity contribution in [2.75, 3.05) is 31.2 Å². The van der Waals surface area contributed by atoms with Crippen LogP contribution in [0.3, 0.4) is 0 Å². The fourth-order valence-corrected chi connectivity index (χ4v) is 15.6. The lowest BCUT2D eigenvalue weighted by Gasteiger charge is -2.28. The van der Waals surface area contributed by atoms with E-state index in [0.29, 0.717) is 37.7 Å². The van der Waals surface area contributed by atoms with Gasteiger partial charge in [0.2, 0.25) is 5.36 Å². The maximum absolute atomic E-state index is 13.3. The van der Waals surface area contributed by atoms with Crippen LogP contribution in [0.4, 0.5) is 11.4 Å². The Bertz CT molecular complexity index is 3630. The summed E-state index contributed by atoms with van der Waals surface area (Å²) in [6.07, 6.45) is 43.1. The molecule has 0 spiro atoms. The number of esters is 1. The van der Waals surface area contributed by atoms with Gasteiger partial charge in [0.05, 0.1) is 40.8 Å². The first-order chi connectivity index (χ1) is 44.5. The van der Waals surface area contributed by atoms with Crippen molar-refractivity contribution < 1.29 is 23.8 Å². The van der Waals surface area contributed by atoms with Gasteiger partial charge < -0.3 is 19.1 Å². The number of anilines is 2. The van der Waals surface area contributed by atoms with Crippen molar-refractivity contribution in [3.8, 4) is 11.5 Å². The van der Waals surface area contributed by atoms with Gasteiger partial charge in [-0.25, -0.2) is 9.37 Å². The number of carbonyl (C=O) groups is 2. The highest BCUT2D eigenvalue weighted by atomic mass is 16.5. The summed E-state index contributed by atoms with van der Waals surface area (Å²) in [4.78, 5) is 26.2. The minimum Gasteiger partial charge on any atom is -0.468 e. The first-order valence-electron chi connectivity index (χ1n) is 36.6. The van der Waals surface area contributed by atoms with Crippen LogP contribution in [-0.2, 0) is 31.6 Å². The number of fused-ring (bicyclic) bond motifs is 13. The van der Waals surface area contributed by atoms with E-state index in [1.807, 2.05) is 12.1 Å². The van der Waals surface area contributed by atoms with E-state index in [-0.39, 0.29) is 16.8 Å². The van der Waals surface area contributed by atoms with Crippen LogP contribution in [0.5, 0.6) is 11.5 Å². The summed E-state index contributed by atoms with van der Waals surface area (Å²) in [5, 5.41) is 9.82. The van der Waals surface area contributed by atoms with Crippen LogP contribution in [0.2, 0.25) is 0 Å². The SMILES string of the molecule is CCCCCCCCCCCCCCCCCCOC(=O)c1ccc(C[N+]2=c3c(c4c(c5ccccc35)=Cc3c(c5c(c6cc7ccccc7cc36)N(c3ccc(C(C)CCCCCCCCCCCCCCCCOC=O)cc3)CC5(C)C)O4)C(C)(C)C2)cc1. The molecule has 0 bridgehead atoms. The molecule has 0 fully saturated rings. The number of rotatable bonds is 40. The van der Waals surface area contributed by atoms with Gasteiger partial charge >= 0.3 is 5.97 Å². The fourth-order valence-electron chi connectivity index (χ4n) is 15.6. The average molecular weight is 1230 g/mol.